The lowest BCUT2D eigenvalue weighted by Gasteiger charge is -2.33. The molecule has 1 saturated carbocycles. The number of fused-ring (bicyclic) bond motifs is 1. The molecule has 2 aromatic rings. The van der Waals surface area contributed by atoms with Crippen LogP contribution in [0.4, 0.5) is 17.6 Å². The molecule has 2 atom stereocenters. The quantitative estimate of drug-likeness (QED) is 0.0804. The molecule has 0 bridgehead atoms. The van der Waals surface area contributed by atoms with E-state index < -0.39 is 29.5 Å². The molecule has 1 heterocycles. The summed E-state index contributed by atoms with van der Waals surface area (Å²) in [6.45, 7) is 2.18. The number of nitrogens with zero attached hydrogens (tertiary/aromatic N) is 1. The molecule has 2 nitrogen and oxygen atoms in total. The van der Waals surface area contributed by atoms with Crippen LogP contribution in [0.2, 0.25) is 0 Å². The molecule has 0 amide bonds. The standard InChI is InChI=1S/C37H53F4NO/c1-2-3-4-5-11-14-17-32(38)27-43-33-24-21-29(22-25-33)34-26-30-20-23-31(37(40,41)35(30)36(39)42-34)16-13-10-8-6-7-9-12-15-28-18-19-28/h21-22,24-26,28,31-32H,2-20,23,27H2,1H3. The summed E-state index contributed by atoms with van der Waals surface area (Å²) in [6, 6.07) is 8.46. The van der Waals surface area contributed by atoms with Crippen molar-refractivity contribution in [1.82, 2.24) is 4.98 Å². The molecule has 240 valence electrons. The average Bonchev–Trinajstić information content (AvgIpc) is 3.82. The first-order valence-electron chi connectivity index (χ1n) is 17.3. The lowest BCUT2D eigenvalue weighted by atomic mass is 9.78. The lowest BCUT2D eigenvalue weighted by molar-refractivity contribution is -0.0824. The second-order valence-electron chi connectivity index (χ2n) is 13.2. The number of ether oxygens (including phenoxy) is 1. The fourth-order valence-electron chi connectivity index (χ4n) is 6.55. The first-order chi connectivity index (χ1) is 20.9. The molecule has 2 aliphatic carbocycles. The third kappa shape index (κ3) is 10.8. The number of hydrogen-bond acceptors (Lipinski definition) is 2. The number of rotatable bonds is 21. The third-order valence-corrected chi connectivity index (χ3v) is 9.48. The van der Waals surface area contributed by atoms with E-state index in [2.05, 4.69) is 11.9 Å². The molecule has 1 aromatic carbocycles. The number of alkyl halides is 3. The van der Waals surface area contributed by atoms with E-state index in [1.165, 1.54) is 64.2 Å². The van der Waals surface area contributed by atoms with Gasteiger partial charge in [0.25, 0.3) is 5.92 Å². The largest absolute Gasteiger partial charge is 0.491 e. The summed E-state index contributed by atoms with van der Waals surface area (Å²) >= 11 is 0. The van der Waals surface area contributed by atoms with Crippen LogP contribution < -0.4 is 4.74 Å². The van der Waals surface area contributed by atoms with Crippen molar-refractivity contribution in [1.29, 1.82) is 0 Å². The van der Waals surface area contributed by atoms with Crippen molar-refractivity contribution in [2.45, 2.75) is 147 Å². The fourth-order valence-corrected chi connectivity index (χ4v) is 6.55. The van der Waals surface area contributed by atoms with E-state index in [1.54, 1.807) is 30.3 Å². The van der Waals surface area contributed by atoms with Crippen molar-refractivity contribution in [2.24, 2.45) is 11.8 Å². The molecule has 0 radical (unpaired) electrons. The van der Waals surface area contributed by atoms with Crippen LogP contribution in [0.3, 0.4) is 0 Å². The number of hydrogen-bond donors (Lipinski definition) is 0. The van der Waals surface area contributed by atoms with Gasteiger partial charge in [-0.3, -0.25) is 0 Å². The van der Waals surface area contributed by atoms with Crippen molar-refractivity contribution in [2.75, 3.05) is 6.61 Å². The molecule has 0 aliphatic heterocycles. The predicted molar refractivity (Wildman–Crippen MR) is 168 cm³/mol. The van der Waals surface area contributed by atoms with Crippen LogP contribution in [0, 0.1) is 17.8 Å². The summed E-state index contributed by atoms with van der Waals surface area (Å²) in [5.74, 6) is -3.58. The van der Waals surface area contributed by atoms with Crippen molar-refractivity contribution in [3.63, 3.8) is 0 Å². The van der Waals surface area contributed by atoms with Gasteiger partial charge < -0.3 is 4.74 Å². The van der Waals surface area contributed by atoms with Crippen molar-refractivity contribution >= 4 is 0 Å². The van der Waals surface area contributed by atoms with Gasteiger partial charge in [0.2, 0.25) is 5.95 Å². The van der Waals surface area contributed by atoms with Crippen LogP contribution in [0.5, 0.6) is 5.75 Å². The zero-order valence-corrected chi connectivity index (χ0v) is 26.3. The molecule has 43 heavy (non-hydrogen) atoms. The molecular formula is C37H53F4NO. The van der Waals surface area contributed by atoms with Gasteiger partial charge in [-0.15, -0.1) is 0 Å². The maximum atomic E-state index is 15.5. The van der Waals surface area contributed by atoms with E-state index in [0.717, 1.165) is 44.4 Å². The number of unbranched alkanes of at least 4 members (excludes halogenated alkanes) is 11. The number of aryl methyl sites for hydroxylation is 1. The smallest absolute Gasteiger partial charge is 0.280 e. The Morgan fingerprint density at radius 3 is 2.14 bits per heavy atom. The Bertz CT molecular complexity index is 1080. The molecule has 0 N–H and O–H groups in total. The Hall–Kier alpha value is -2.11. The molecule has 0 saturated heterocycles. The first kappa shape index (κ1) is 33.8. The minimum Gasteiger partial charge on any atom is -0.491 e. The average molecular weight is 604 g/mol. The van der Waals surface area contributed by atoms with E-state index in [4.69, 9.17) is 4.74 Å². The topological polar surface area (TPSA) is 22.1 Å². The number of aromatic nitrogens is 1. The van der Waals surface area contributed by atoms with E-state index in [9.17, 15) is 4.39 Å². The molecule has 1 fully saturated rings. The summed E-state index contributed by atoms with van der Waals surface area (Å²) < 4.78 is 65.9. The van der Waals surface area contributed by atoms with Gasteiger partial charge in [0.15, 0.2) is 0 Å². The summed E-state index contributed by atoms with van der Waals surface area (Å²) in [6.07, 6.45) is 19.5. The lowest BCUT2D eigenvalue weighted by Crippen LogP contribution is -2.33. The number of pyridine rings is 1. The monoisotopic (exact) mass is 603 g/mol. The van der Waals surface area contributed by atoms with Gasteiger partial charge in [0.1, 0.15) is 18.5 Å². The summed E-state index contributed by atoms with van der Waals surface area (Å²) in [4.78, 5) is 3.96. The van der Waals surface area contributed by atoms with Crippen LogP contribution >= 0.6 is 0 Å². The SMILES string of the molecule is CCCCCCCCC(F)COc1ccc(-c2cc3c(c(F)n2)C(F)(F)C(CCCCCCCCCC2CC2)CC3)cc1. The van der Waals surface area contributed by atoms with Crippen LogP contribution in [-0.4, -0.2) is 17.8 Å². The van der Waals surface area contributed by atoms with E-state index in [1.807, 2.05) is 0 Å². The predicted octanol–water partition coefficient (Wildman–Crippen LogP) is 11.9. The number of benzene rings is 1. The maximum Gasteiger partial charge on any atom is 0.280 e. The van der Waals surface area contributed by atoms with Crippen LogP contribution in [0.1, 0.15) is 140 Å². The Balaban J connectivity index is 1.21. The van der Waals surface area contributed by atoms with Crippen LogP contribution in [0.25, 0.3) is 11.3 Å². The van der Waals surface area contributed by atoms with Crippen molar-refractivity contribution in [3.05, 3.63) is 47.4 Å². The van der Waals surface area contributed by atoms with Gasteiger partial charge in [0.05, 0.1) is 11.3 Å². The molecule has 0 spiro atoms. The van der Waals surface area contributed by atoms with Gasteiger partial charge >= 0.3 is 0 Å². The van der Waals surface area contributed by atoms with Gasteiger partial charge in [-0.1, -0.05) is 110 Å². The highest BCUT2D eigenvalue weighted by Gasteiger charge is 2.47. The fraction of sp³-hybridized carbons (Fsp3) is 0.703. The molecule has 6 heteroatoms. The minimum atomic E-state index is -3.21. The minimum absolute atomic E-state index is 0.00335. The normalized spacial score (nSPS) is 18.4. The molecule has 1 aromatic heterocycles. The Labute approximate surface area is 257 Å². The highest BCUT2D eigenvalue weighted by molar-refractivity contribution is 5.62. The summed E-state index contributed by atoms with van der Waals surface area (Å²) in [7, 11) is 0. The van der Waals surface area contributed by atoms with Gasteiger partial charge in [-0.05, 0) is 67.5 Å². The first-order valence-corrected chi connectivity index (χ1v) is 17.3. The summed E-state index contributed by atoms with van der Waals surface area (Å²) in [5, 5.41) is 0. The van der Waals surface area contributed by atoms with E-state index in [0.29, 0.717) is 48.3 Å². The Kier molecular flexibility index (Phi) is 13.7. The second-order valence-corrected chi connectivity index (χ2v) is 13.2. The molecule has 2 unspecified atom stereocenters. The highest BCUT2D eigenvalue weighted by atomic mass is 19.3. The molecule has 4 rings (SSSR count). The number of halogens is 4. The zero-order chi connectivity index (χ0) is 30.5. The zero-order valence-electron chi connectivity index (χ0n) is 26.3. The molecular weight excluding hydrogens is 550 g/mol. The van der Waals surface area contributed by atoms with Crippen LogP contribution in [0.15, 0.2) is 30.3 Å². The highest BCUT2D eigenvalue weighted by Crippen LogP contribution is 2.48. The van der Waals surface area contributed by atoms with Crippen molar-refractivity contribution in [3.8, 4) is 17.0 Å². The Morgan fingerprint density at radius 1 is 0.837 bits per heavy atom. The third-order valence-electron chi connectivity index (χ3n) is 9.48. The second kappa shape index (κ2) is 17.4. The van der Waals surface area contributed by atoms with Gasteiger partial charge in [0, 0.05) is 11.5 Å². The van der Waals surface area contributed by atoms with E-state index >= 15 is 13.2 Å². The van der Waals surface area contributed by atoms with Crippen molar-refractivity contribution < 1.29 is 22.3 Å². The maximum absolute atomic E-state index is 15.5. The summed E-state index contributed by atoms with van der Waals surface area (Å²) in [5.41, 5.74) is 0.796. The van der Waals surface area contributed by atoms with Gasteiger partial charge in [-0.25, -0.2) is 18.2 Å². The van der Waals surface area contributed by atoms with E-state index in [-0.39, 0.29) is 6.61 Å². The molecule has 2 aliphatic rings. The van der Waals surface area contributed by atoms with Gasteiger partial charge in [-0.2, -0.15) is 4.39 Å². The van der Waals surface area contributed by atoms with Crippen LogP contribution in [-0.2, 0) is 12.3 Å². The Morgan fingerprint density at radius 2 is 1.47 bits per heavy atom.